The van der Waals surface area contributed by atoms with E-state index < -0.39 is 15.9 Å². The highest BCUT2D eigenvalue weighted by molar-refractivity contribution is 9.10. The van der Waals surface area contributed by atoms with Crippen molar-refractivity contribution in [2.45, 2.75) is 43.5 Å². The lowest BCUT2D eigenvalue weighted by Crippen LogP contribution is -2.43. The van der Waals surface area contributed by atoms with Gasteiger partial charge in [-0.25, -0.2) is 8.42 Å². The number of rotatable bonds is 6. The van der Waals surface area contributed by atoms with Crippen LogP contribution in [0.2, 0.25) is 0 Å². The summed E-state index contributed by atoms with van der Waals surface area (Å²) in [4.78, 5) is 12.8. The summed E-state index contributed by atoms with van der Waals surface area (Å²) in [5, 5.41) is 10.4. The minimum Gasteiger partial charge on any atom is -0.403 e. The number of amides is 1. The van der Waals surface area contributed by atoms with Crippen molar-refractivity contribution in [3.8, 4) is 11.5 Å². The number of carbonyl (C=O) groups excluding carboxylic acids is 1. The lowest BCUT2D eigenvalue weighted by Gasteiger charge is -2.34. The van der Waals surface area contributed by atoms with E-state index in [-0.39, 0.29) is 28.4 Å². The molecule has 3 aromatic rings. The number of anilines is 1. The molecular weight excluding hydrogens is 496 g/mol. The zero-order valence-electron chi connectivity index (χ0n) is 17.5. The highest BCUT2D eigenvalue weighted by Crippen LogP contribution is 2.27. The number of hydrogen-bond donors (Lipinski definition) is 1. The van der Waals surface area contributed by atoms with E-state index in [1.54, 1.807) is 4.31 Å². The van der Waals surface area contributed by atoms with E-state index in [0.717, 1.165) is 30.2 Å². The van der Waals surface area contributed by atoms with E-state index in [1.807, 2.05) is 31.2 Å². The van der Waals surface area contributed by atoms with Crippen molar-refractivity contribution in [2.75, 3.05) is 11.9 Å². The Morgan fingerprint density at radius 3 is 2.69 bits per heavy atom. The summed E-state index contributed by atoms with van der Waals surface area (Å²) in [6, 6.07) is 13.2. The standard InChI is InChI=1S/C22H23BrN4O4S/c1-2-18-8-3-4-13-27(18)32(29,30)19-11-9-15(10-12-19)20(28)24-22-26-25-21(31-22)16-6-5-7-17(23)14-16/h5-7,9-12,14,18H,2-4,8,13H2,1H3,(H,24,26,28). The van der Waals surface area contributed by atoms with Crippen molar-refractivity contribution in [1.29, 1.82) is 0 Å². The molecule has 1 saturated heterocycles. The third-order valence-electron chi connectivity index (χ3n) is 5.48. The van der Waals surface area contributed by atoms with Crippen molar-refractivity contribution in [2.24, 2.45) is 0 Å². The number of nitrogens with one attached hydrogen (secondary N) is 1. The summed E-state index contributed by atoms with van der Waals surface area (Å²) in [5.41, 5.74) is 1.00. The van der Waals surface area contributed by atoms with Crippen LogP contribution in [0, 0.1) is 0 Å². The van der Waals surface area contributed by atoms with Crippen LogP contribution in [0.5, 0.6) is 0 Å². The molecule has 0 radical (unpaired) electrons. The number of piperidine rings is 1. The van der Waals surface area contributed by atoms with Crippen LogP contribution in [0.15, 0.2) is 62.3 Å². The summed E-state index contributed by atoms with van der Waals surface area (Å²) < 4.78 is 34.1. The molecule has 0 bridgehead atoms. The first kappa shape index (κ1) is 22.6. The van der Waals surface area contributed by atoms with Gasteiger partial charge in [-0.05, 0) is 61.7 Å². The Bertz CT molecular complexity index is 1210. The fraction of sp³-hybridized carbons (Fsp3) is 0.318. The predicted octanol–water partition coefficient (Wildman–Crippen LogP) is 4.70. The molecule has 1 unspecified atom stereocenters. The minimum atomic E-state index is -3.60. The van der Waals surface area contributed by atoms with Gasteiger partial charge >= 0.3 is 6.01 Å². The van der Waals surface area contributed by atoms with Crippen LogP contribution in [-0.2, 0) is 10.0 Å². The van der Waals surface area contributed by atoms with Crippen LogP contribution in [-0.4, -0.2) is 41.4 Å². The molecule has 0 aliphatic carbocycles. The minimum absolute atomic E-state index is 0.0219. The van der Waals surface area contributed by atoms with Crippen molar-refractivity contribution < 1.29 is 17.6 Å². The highest BCUT2D eigenvalue weighted by atomic mass is 79.9. The first-order valence-electron chi connectivity index (χ1n) is 10.4. The summed E-state index contributed by atoms with van der Waals surface area (Å²) in [6.07, 6.45) is 3.57. The number of sulfonamides is 1. The van der Waals surface area contributed by atoms with E-state index in [1.165, 1.54) is 24.3 Å². The Hall–Kier alpha value is -2.56. The molecule has 1 N–H and O–H groups in total. The van der Waals surface area contributed by atoms with Gasteiger partial charge < -0.3 is 4.42 Å². The molecule has 1 atom stereocenters. The van der Waals surface area contributed by atoms with E-state index in [2.05, 4.69) is 31.4 Å². The number of aromatic nitrogens is 2. The molecule has 10 heteroatoms. The molecule has 2 heterocycles. The molecule has 8 nitrogen and oxygen atoms in total. The first-order valence-corrected chi connectivity index (χ1v) is 12.6. The third-order valence-corrected chi connectivity index (χ3v) is 7.94. The zero-order valence-corrected chi connectivity index (χ0v) is 19.9. The molecule has 1 aliphatic rings. The topological polar surface area (TPSA) is 105 Å². The van der Waals surface area contributed by atoms with Crippen LogP contribution in [0.1, 0.15) is 43.0 Å². The summed E-state index contributed by atoms with van der Waals surface area (Å²) in [5.74, 6) is -0.196. The maximum Gasteiger partial charge on any atom is 0.322 e. The molecule has 2 aromatic carbocycles. The average molecular weight is 519 g/mol. The second-order valence-corrected chi connectivity index (χ2v) is 10.4. The number of nitrogens with zero attached hydrogens (tertiary/aromatic N) is 3. The number of carbonyl (C=O) groups is 1. The second kappa shape index (κ2) is 9.51. The Balaban J connectivity index is 1.47. The normalized spacial score (nSPS) is 17.2. The van der Waals surface area contributed by atoms with Gasteiger partial charge in [0.2, 0.25) is 15.9 Å². The lowest BCUT2D eigenvalue weighted by atomic mass is 10.0. The van der Waals surface area contributed by atoms with Crippen molar-refractivity contribution in [3.63, 3.8) is 0 Å². The molecule has 1 aliphatic heterocycles. The van der Waals surface area contributed by atoms with Gasteiger partial charge in [0.15, 0.2) is 0 Å². The van der Waals surface area contributed by atoms with Crippen molar-refractivity contribution >= 4 is 37.9 Å². The second-order valence-electron chi connectivity index (χ2n) is 7.57. The Labute approximate surface area is 195 Å². The molecule has 1 amide bonds. The van der Waals surface area contributed by atoms with E-state index in [4.69, 9.17) is 4.42 Å². The van der Waals surface area contributed by atoms with Gasteiger partial charge in [0.05, 0.1) is 4.90 Å². The Kier molecular flexibility index (Phi) is 6.73. The lowest BCUT2D eigenvalue weighted by molar-refractivity contribution is 0.102. The van der Waals surface area contributed by atoms with Crippen LogP contribution in [0.25, 0.3) is 11.5 Å². The maximum absolute atomic E-state index is 13.1. The Morgan fingerprint density at radius 2 is 1.97 bits per heavy atom. The number of halogens is 1. The van der Waals surface area contributed by atoms with Gasteiger partial charge in [-0.3, -0.25) is 10.1 Å². The smallest absolute Gasteiger partial charge is 0.322 e. The monoisotopic (exact) mass is 518 g/mol. The fourth-order valence-corrected chi connectivity index (χ4v) is 5.96. The first-order chi connectivity index (χ1) is 15.4. The molecule has 1 fully saturated rings. The van der Waals surface area contributed by atoms with Crippen molar-refractivity contribution in [1.82, 2.24) is 14.5 Å². The zero-order chi connectivity index (χ0) is 22.7. The largest absolute Gasteiger partial charge is 0.403 e. The number of hydrogen-bond acceptors (Lipinski definition) is 6. The van der Waals surface area contributed by atoms with Gasteiger partial charge in [-0.15, -0.1) is 5.10 Å². The van der Waals surface area contributed by atoms with Crippen molar-refractivity contribution in [3.05, 3.63) is 58.6 Å². The fourth-order valence-electron chi connectivity index (χ4n) is 3.79. The molecule has 0 saturated carbocycles. The summed E-state index contributed by atoms with van der Waals surface area (Å²) in [7, 11) is -3.60. The van der Waals surface area contributed by atoms with E-state index >= 15 is 0 Å². The summed E-state index contributed by atoms with van der Waals surface area (Å²) in [6.45, 7) is 2.53. The SMILES string of the molecule is CCC1CCCCN1S(=O)(=O)c1ccc(C(=O)Nc2nnc(-c3cccc(Br)c3)o2)cc1. The van der Waals surface area contributed by atoms with E-state index in [0.29, 0.717) is 12.1 Å². The van der Waals surface area contributed by atoms with Gasteiger partial charge in [0.25, 0.3) is 5.91 Å². The van der Waals surface area contributed by atoms with E-state index in [9.17, 15) is 13.2 Å². The van der Waals surface area contributed by atoms with Gasteiger partial charge in [-0.2, -0.15) is 4.31 Å². The van der Waals surface area contributed by atoms with Gasteiger partial charge in [-0.1, -0.05) is 40.4 Å². The summed E-state index contributed by atoms with van der Waals surface area (Å²) >= 11 is 3.38. The van der Waals surface area contributed by atoms with Crippen LogP contribution in [0.3, 0.4) is 0 Å². The molecule has 0 spiro atoms. The van der Waals surface area contributed by atoms with Crippen LogP contribution >= 0.6 is 15.9 Å². The van der Waals surface area contributed by atoms with Crippen LogP contribution < -0.4 is 5.32 Å². The molecule has 168 valence electrons. The third kappa shape index (κ3) is 4.77. The predicted molar refractivity (Wildman–Crippen MR) is 124 cm³/mol. The van der Waals surface area contributed by atoms with Gasteiger partial charge in [0, 0.05) is 28.2 Å². The molecule has 1 aromatic heterocycles. The molecular formula is C22H23BrN4O4S. The average Bonchev–Trinajstić information content (AvgIpc) is 3.27. The quantitative estimate of drug-likeness (QED) is 0.506. The number of benzene rings is 2. The Morgan fingerprint density at radius 1 is 1.19 bits per heavy atom. The molecule has 32 heavy (non-hydrogen) atoms. The van der Waals surface area contributed by atoms with Crippen LogP contribution in [0.4, 0.5) is 6.01 Å². The van der Waals surface area contributed by atoms with Gasteiger partial charge in [0.1, 0.15) is 0 Å². The maximum atomic E-state index is 13.1. The molecule has 4 rings (SSSR count). The highest BCUT2D eigenvalue weighted by Gasteiger charge is 2.32.